The van der Waals surface area contributed by atoms with Gasteiger partial charge in [0.2, 0.25) is 0 Å². The fourth-order valence-electron chi connectivity index (χ4n) is 1.66. The molecule has 0 bridgehead atoms. The van der Waals surface area contributed by atoms with Crippen LogP contribution in [0.25, 0.3) is 0 Å². The van der Waals surface area contributed by atoms with Crippen LogP contribution in [0.5, 0.6) is 5.75 Å². The van der Waals surface area contributed by atoms with Gasteiger partial charge in [-0.25, -0.2) is 9.78 Å². The number of carbonyl (C=O) groups is 1. The maximum atomic E-state index is 11.7. The second-order valence-electron chi connectivity index (χ2n) is 4.01. The van der Waals surface area contributed by atoms with Gasteiger partial charge in [-0.3, -0.25) is 0 Å². The molecule has 0 spiro atoms. The Labute approximate surface area is 121 Å². The van der Waals surface area contributed by atoms with Crippen molar-refractivity contribution in [3.8, 4) is 5.75 Å². The Morgan fingerprint density at radius 3 is 2.95 bits per heavy atom. The first kappa shape index (κ1) is 14.3. The van der Waals surface area contributed by atoms with Crippen molar-refractivity contribution in [1.82, 2.24) is 4.98 Å². The highest BCUT2D eigenvalue weighted by atomic mass is 32.1. The van der Waals surface area contributed by atoms with Crippen molar-refractivity contribution < 1.29 is 14.3 Å². The number of thiazole rings is 1. The number of esters is 1. The van der Waals surface area contributed by atoms with Crippen LogP contribution in [-0.2, 0) is 4.74 Å². The molecule has 0 aliphatic carbocycles. The fraction of sp³-hybridized carbons (Fsp3) is 0.286. The molecule has 2 aromatic rings. The summed E-state index contributed by atoms with van der Waals surface area (Å²) in [5, 5.41) is 3.81. The molecule has 1 heterocycles. The first-order valence-electron chi connectivity index (χ1n) is 6.19. The van der Waals surface area contributed by atoms with Gasteiger partial charge in [0, 0.05) is 11.8 Å². The molecule has 1 aromatic carbocycles. The van der Waals surface area contributed by atoms with E-state index in [0.717, 1.165) is 11.4 Å². The minimum Gasteiger partial charge on any atom is -0.497 e. The maximum absolute atomic E-state index is 11.7. The number of aromatic nitrogens is 1. The number of hydrogen-bond acceptors (Lipinski definition) is 6. The number of methoxy groups -OCH3 is 1. The summed E-state index contributed by atoms with van der Waals surface area (Å²) in [4.78, 5) is 16.6. The molecule has 0 amide bonds. The van der Waals surface area contributed by atoms with Crippen LogP contribution in [0, 0.1) is 6.92 Å². The van der Waals surface area contributed by atoms with Crippen molar-refractivity contribution in [3.05, 3.63) is 34.8 Å². The van der Waals surface area contributed by atoms with Crippen molar-refractivity contribution >= 4 is 28.1 Å². The highest BCUT2D eigenvalue weighted by Crippen LogP contribution is 2.27. The van der Waals surface area contributed by atoms with Gasteiger partial charge >= 0.3 is 5.97 Å². The summed E-state index contributed by atoms with van der Waals surface area (Å²) in [6, 6.07) is 7.51. The molecule has 0 unspecified atom stereocenters. The largest absolute Gasteiger partial charge is 0.497 e. The molecule has 20 heavy (non-hydrogen) atoms. The molecule has 0 saturated carbocycles. The zero-order valence-electron chi connectivity index (χ0n) is 11.6. The Balaban J connectivity index is 2.17. The quantitative estimate of drug-likeness (QED) is 0.856. The lowest BCUT2D eigenvalue weighted by Gasteiger charge is -2.04. The van der Waals surface area contributed by atoms with E-state index in [1.165, 1.54) is 11.3 Å². The number of anilines is 2. The highest BCUT2D eigenvalue weighted by molar-refractivity contribution is 7.17. The van der Waals surface area contributed by atoms with Crippen LogP contribution in [0.15, 0.2) is 24.3 Å². The molecule has 0 atom stereocenters. The van der Waals surface area contributed by atoms with Gasteiger partial charge in [-0.2, -0.15) is 0 Å². The Hall–Kier alpha value is -2.08. The third-order valence-electron chi connectivity index (χ3n) is 2.58. The second-order valence-corrected chi connectivity index (χ2v) is 5.01. The molecule has 0 saturated heterocycles. The minimum atomic E-state index is -0.332. The summed E-state index contributed by atoms with van der Waals surface area (Å²) < 4.78 is 10.2. The van der Waals surface area contributed by atoms with Crippen molar-refractivity contribution in [2.45, 2.75) is 13.8 Å². The zero-order valence-corrected chi connectivity index (χ0v) is 12.4. The lowest BCUT2D eigenvalue weighted by Crippen LogP contribution is -2.03. The average Bonchev–Trinajstić information content (AvgIpc) is 2.80. The van der Waals surface area contributed by atoms with E-state index in [4.69, 9.17) is 9.47 Å². The van der Waals surface area contributed by atoms with Crippen LogP contribution < -0.4 is 10.1 Å². The zero-order chi connectivity index (χ0) is 14.5. The third kappa shape index (κ3) is 3.27. The van der Waals surface area contributed by atoms with E-state index in [1.54, 1.807) is 21.0 Å². The topological polar surface area (TPSA) is 60.5 Å². The van der Waals surface area contributed by atoms with E-state index in [9.17, 15) is 4.79 Å². The number of hydrogen-bond donors (Lipinski definition) is 1. The van der Waals surface area contributed by atoms with Gasteiger partial charge in [0.1, 0.15) is 10.6 Å². The normalized spacial score (nSPS) is 10.2. The van der Waals surface area contributed by atoms with Crippen LogP contribution in [-0.4, -0.2) is 24.7 Å². The van der Waals surface area contributed by atoms with Gasteiger partial charge < -0.3 is 14.8 Å². The fourth-order valence-corrected chi connectivity index (χ4v) is 2.54. The second kappa shape index (κ2) is 6.38. The number of benzene rings is 1. The van der Waals surface area contributed by atoms with E-state index in [2.05, 4.69) is 10.3 Å². The minimum absolute atomic E-state index is 0.332. The molecule has 6 heteroatoms. The van der Waals surface area contributed by atoms with E-state index in [0.29, 0.717) is 22.3 Å². The molecule has 5 nitrogen and oxygen atoms in total. The van der Waals surface area contributed by atoms with E-state index < -0.39 is 0 Å². The first-order valence-corrected chi connectivity index (χ1v) is 7.01. The Morgan fingerprint density at radius 1 is 1.45 bits per heavy atom. The molecule has 1 aromatic heterocycles. The maximum Gasteiger partial charge on any atom is 0.350 e. The van der Waals surface area contributed by atoms with Crippen LogP contribution >= 0.6 is 11.3 Å². The van der Waals surface area contributed by atoms with Crippen LogP contribution in [0.1, 0.15) is 22.3 Å². The Bertz CT molecular complexity index is 610. The van der Waals surface area contributed by atoms with Crippen molar-refractivity contribution in [1.29, 1.82) is 0 Å². The number of nitrogens with zero attached hydrogens (tertiary/aromatic N) is 1. The van der Waals surface area contributed by atoms with Crippen LogP contribution in [0.4, 0.5) is 10.8 Å². The number of rotatable bonds is 5. The number of aryl methyl sites for hydroxylation is 1. The average molecular weight is 292 g/mol. The van der Waals surface area contributed by atoms with Crippen molar-refractivity contribution in [2.75, 3.05) is 19.0 Å². The van der Waals surface area contributed by atoms with Gasteiger partial charge in [-0.05, 0) is 26.0 Å². The summed E-state index contributed by atoms with van der Waals surface area (Å²) in [5.41, 5.74) is 1.52. The number of carbonyl (C=O) groups excluding carboxylic acids is 1. The smallest absolute Gasteiger partial charge is 0.350 e. The van der Waals surface area contributed by atoms with Gasteiger partial charge in [0.05, 0.1) is 19.4 Å². The molecular formula is C14H16N2O3S. The molecule has 106 valence electrons. The van der Waals surface area contributed by atoms with Gasteiger partial charge in [0.25, 0.3) is 0 Å². The summed E-state index contributed by atoms with van der Waals surface area (Å²) in [5.74, 6) is 0.426. The van der Waals surface area contributed by atoms with E-state index >= 15 is 0 Å². The molecule has 1 N–H and O–H groups in total. The Morgan fingerprint density at radius 2 is 2.25 bits per heavy atom. The van der Waals surface area contributed by atoms with E-state index in [1.807, 2.05) is 24.3 Å². The lowest BCUT2D eigenvalue weighted by molar-refractivity contribution is 0.0531. The monoisotopic (exact) mass is 292 g/mol. The predicted molar refractivity (Wildman–Crippen MR) is 79.1 cm³/mol. The summed E-state index contributed by atoms with van der Waals surface area (Å²) in [6.45, 7) is 3.93. The summed E-state index contributed by atoms with van der Waals surface area (Å²) in [6.07, 6.45) is 0. The number of ether oxygens (including phenoxy) is 2. The third-order valence-corrected chi connectivity index (χ3v) is 3.63. The standard InChI is InChI=1S/C14H16N2O3S/c1-4-19-13(17)12-9(2)15-14(20-12)16-10-6-5-7-11(8-10)18-3/h5-8H,4H2,1-3H3,(H,15,16). The van der Waals surface area contributed by atoms with Crippen LogP contribution in [0.2, 0.25) is 0 Å². The van der Waals surface area contributed by atoms with E-state index in [-0.39, 0.29) is 5.97 Å². The summed E-state index contributed by atoms with van der Waals surface area (Å²) >= 11 is 1.28. The lowest BCUT2D eigenvalue weighted by atomic mass is 10.3. The Kier molecular flexibility index (Phi) is 4.57. The molecule has 0 fully saturated rings. The summed E-state index contributed by atoms with van der Waals surface area (Å²) in [7, 11) is 1.62. The molecular weight excluding hydrogens is 276 g/mol. The predicted octanol–water partition coefficient (Wildman–Crippen LogP) is 3.38. The van der Waals surface area contributed by atoms with Gasteiger partial charge in [-0.15, -0.1) is 0 Å². The highest BCUT2D eigenvalue weighted by Gasteiger charge is 2.16. The van der Waals surface area contributed by atoms with Crippen molar-refractivity contribution in [3.63, 3.8) is 0 Å². The SMILES string of the molecule is CCOC(=O)c1sc(Nc2cccc(OC)c2)nc1C. The molecule has 0 aliphatic rings. The van der Waals surface area contributed by atoms with Crippen molar-refractivity contribution in [2.24, 2.45) is 0 Å². The van der Waals surface area contributed by atoms with Gasteiger partial charge in [-0.1, -0.05) is 17.4 Å². The van der Waals surface area contributed by atoms with Crippen LogP contribution in [0.3, 0.4) is 0 Å². The molecule has 0 aliphatic heterocycles. The van der Waals surface area contributed by atoms with Gasteiger partial charge in [0.15, 0.2) is 5.13 Å². The molecule has 0 radical (unpaired) electrons. The first-order chi connectivity index (χ1) is 9.63. The number of nitrogens with one attached hydrogen (secondary N) is 1. The molecule has 2 rings (SSSR count).